The summed E-state index contributed by atoms with van der Waals surface area (Å²) in [5.41, 5.74) is 6.87. The molecule has 2 rings (SSSR count). The predicted octanol–water partition coefficient (Wildman–Crippen LogP) is 2.13. The molecule has 0 saturated carbocycles. The molecule has 0 amide bonds. The Bertz CT molecular complexity index is 403. The van der Waals surface area contributed by atoms with Crippen molar-refractivity contribution in [2.45, 2.75) is 38.2 Å². The smallest absolute Gasteiger partial charge is 0.125 e. The van der Waals surface area contributed by atoms with E-state index in [1.165, 1.54) is 5.56 Å². The van der Waals surface area contributed by atoms with Crippen molar-refractivity contribution >= 4 is 0 Å². The predicted molar refractivity (Wildman–Crippen MR) is 68.2 cm³/mol. The van der Waals surface area contributed by atoms with Gasteiger partial charge in [-0.1, -0.05) is 19.9 Å². The third-order valence-corrected chi connectivity index (χ3v) is 3.50. The van der Waals surface area contributed by atoms with E-state index < -0.39 is 5.60 Å². The Kier molecular flexibility index (Phi) is 3.40. The van der Waals surface area contributed by atoms with Gasteiger partial charge in [0.15, 0.2) is 0 Å². The minimum Gasteiger partial charge on any atom is -0.493 e. The molecule has 17 heavy (non-hydrogen) atoms. The lowest BCUT2D eigenvalue weighted by Gasteiger charge is -2.27. The van der Waals surface area contributed by atoms with Gasteiger partial charge in [-0.3, -0.25) is 0 Å². The van der Waals surface area contributed by atoms with Crippen LogP contribution in [0.4, 0.5) is 0 Å². The van der Waals surface area contributed by atoms with E-state index in [-0.39, 0.29) is 6.54 Å². The van der Waals surface area contributed by atoms with Gasteiger partial charge >= 0.3 is 0 Å². The maximum atomic E-state index is 10.6. The van der Waals surface area contributed by atoms with Crippen molar-refractivity contribution < 1.29 is 9.84 Å². The Hall–Kier alpha value is -1.06. The van der Waals surface area contributed by atoms with Crippen molar-refractivity contribution in [3.63, 3.8) is 0 Å². The molecule has 3 nitrogen and oxygen atoms in total. The fourth-order valence-corrected chi connectivity index (χ4v) is 2.29. The van der Waals surface area contributed by atoms with Crippen LogP contribution in [0.2, 0.25) is 0 Å². The van der Waals surface area contributed by atoms with Gasteiger partial charge in [0.2, 0.25) is 0 Å². The highest BCUT2D eigenvalue weighted by Gasteiger charge is 2.32. The highest BCUT2D eigenvalue weighted by molar-refractivity contribution is 5.43. The second-order valence-corrected chi connectivity index (χ2v) is 5.10. The van der Waals surface area contributed by atoms with Crippen molar-refractivity contribution in [1.29, 1.82) is 0 Å². The van der Waals surface area contributed by atoms with E-state index in [9.17, 15) is 5.11 Å². The summed E-state index contributed by atoms with van der Waals surface area (Å²) in [5, 5.41) is 10.6. The summed E-state index contributed by atoms with van der Waals surface area (Å²) < 4.78 is 5.66. The number of fused-ring (bicyclic) bond motifs is 1. The van der Waals surface area contributed by atoms with E-state index in [4.69, 9.17) is 10.5 Å². The molecule has 0 radical (unpaired) electrons. The second-order valence-electron chi connectivity index (χ2n) is 5.10. The number of rotatable bonds is 2. The van der Waals surface area contributed by atoms with Gasteiger partial charge in [0.1, 0.15) is 11.4 Å². The van der Waals surface area contributed by atoms with Crippen molar-refractivity contribution in [2.75, 3.05) is 13.2 Å². The number of benzene rings is 1. The van der Waals surface area contributed by atoms with Gasteiger partial charge in [-0.2, -0.15) is 0 Å². The molecule has 0 fully saturated rings. The summed E-state index contributed by atoms with van der Waals surface area (Å²) in [6, 6.07) is 6.06. The van der Waals surface area contributed by atoms with Gasteiger partial charge < -0.3 is 15.6 Å². The van der Waals surface area contributed by atoms with Crippen LogP contribution in [0.5, 0.6) is 5.75 Å². The van der Waals surface area contributed by atoms with Gasteiger partial charge in [0.25, 0.3) is 0 Å². The summed E-state index contributed by atoms with van der Waals surface area (Å²) in [7, 11) is 0. The van der Waals surface area contributed by atoms with Crippen molar-refractivity contribution in [3.05, 3.63) is 29.3 Å². The van der Waals surface area contributed by atoms with Crippen LogP contribution in [0.15, 0.2) is 18.2 Å². The second kappa shape index (κ2) is 4.67. The van der Waals surface area contributed by atoms with Crippen LogP contribution in [-0.2, 0) is 5.60 Å². The minimum atomic E-state index is -0.934. The van der Waals surface area contributed by atoms with E-state index in [2.05, 4.69) is 19.9 Å². The fourth-order valence-electron chi connectivity index (χ4n) is 2.29. The van der Waals surface area contributed by atoms with Crippen molar-refractivity contribution in [2.24, 2.45) is 5.73 Å². The van der Waals surface area contributed by atoms with Gasteiger partial charge in [-0.05, 0) is 36.5 Å². The monoisotopic (exact) mass is 235 g/mol. The molecule has 1 heterocycles. The molecule has 1 unspecified atom stereocenters. The van der Waals surface area contributed by atoms with E-state index in [1.807, 2.05) is 12.1 Å². The quantitative estimate of drug-likeness (QED) is 0.825. The summed E-state index contributed by atoms with van der Waals surface area (Å²) >= 11 is 0. The Morgan fingerprint density at radius 2 is 2.24 bits per heavy atom. The van der Waals surface area contributed by atoms with E-state index in [0.717, 1.165) is 17.7 Å². The molecule has 1 aromatic rings. The van der Waals surface area contributed by atoms with E-state index in [1.54, 1.807) is 0 Å². The number of aliphatic hydroxyl groups is 1. The summed E-state index contributed by atoms with van der Waals surface area (Å²) in [5.74, 6) is 1.21. The molecule has 3 N–H and O–H groups in total. The van der Waals surface area contributed by atoms with Crippen LogP contribution >= 0.6 is 0 Å². The zero-order valence-corrected chi connectivity index (χ0v) is 10.6. The molecule has 1 aromatic carbocycles. The van der Waals surface area contributed by atoms with Crippen LogP contribution in [0.3, 0.4) is 0 Å². The Balaban J connectivity index is 2.50. The topological polar surface area (TPSA) is 55.5 Å². The number of ether oxygens (including phenoxy) is 1. The van der Waals surface area contributed by atoms with Crippen molar-refractivity contribution in [3.8, 4) is 5.75 Å². The maximum Gasteiger partial charge on any atom is 0.125 e. The molecular weight excluding hydrogens is 214 g/mol. The lowest BCUT2D eigenvalue weighted by Crippen LogP contribution is -2.34. The fraction of sp³-hybridized carbons (Fsp3) is 0.571. The summed E-state index contributed by atoms with van der Waals surface area (Å²) in [6.45, 7) is 5.17. The standard InChI is InChI=1S/C14H21NO2/c1-10(2)11-4-5-13-12(8-11)14(16,9-15)6-3-7-17-13/h4-5,8,10,16H,3,6-7,9,15H2,1-2H3. The van der Waals surface area contributed by atoms with Crippen LogP contribution in [0, 0.1) is 0 Å². The van der Waals surface area contributed by atoms with E-state index >= 15 is 0 Å². The Morgan fingerprint density at radius 1 is 1.47 bits per heavy atom. The molecule has 0 spiro atoms. The number of nitrogens with two attached hydrogens (primary N) is 1. The van der Waals surface area contributed by atoms with Crippen LogP contribution < -0.4 is 10.5 Å². The summed E-state index contributed by atoms with van der Waals surface area (Å²) in [6.07, 6.45) is 1.50. The maximum absolute atomic E-state index is 10.6. The highest BCUT2D eigenvalue weighted by Crippen LogP contribution is 2.37. The normalized spacial score (nSPS) is 24.1. The average Bonchev–Trinajstić information content (AvgIpc) is 2.49. The molecule has 0 aromatic heterocycles. The van der Waals surface area contributed by atoms with Gasteiger partial charge in [0, 0.05) is 12.1 Å². The molecule has 94 valence electrons. The zero-order chi connectivity index (χ0) is 12.5. The zero-order valence-electron chi connectivity index (χ0n) is 10.6. The third-order valence-electron chi connectivity index (χ3n) is 3.50. The van der Waals surface area contributed by atoms with Crippen molar-refractivity contribution in [1.82, 2.24) is 0 Å². The van der Waals surface area contributed by atoms with Gasteiger partial charge in [-0.25, -0.2) is 0 Å². The molecule has 1 aliphatic rings. The number of hydrogen-bond acceptors (Lipinski definition) is 3. The van der Waals surface area contributed by atoms with Gasteiger partial charge in [-0.15, -0.1) is 0 Å². The first-order chi connectivity index (χ1) is 8.07. The first-order valence-electron chi connectivity index (χ1n) is 6.26. The van der Waals surface area contributed by atoms with Crippen LogP contribution in [-0.4, -0.2) is 18.3 Å². The van der Waals surface area contributed by atoms with Crippen LogP contribution in [0.1, 0.15) is 43.7 Å². The summed E-state index contributed by atoms with van der Waals surface area (Å²) in [4.78, 5) is 0. The molecule has 0 saturated heterocycles. The SMILES string of the molecule is CC(C)c1ccc2c(c1)C(O)(CN)CCCO2. The molecule has 0 aliphatic carbocycles. The van der Waals surface area contributed by atoms with Crippen LogP contribution in [0.25, 0.3) is 0 Å². The first-order valence-corrected chi connectivity index (χ1v) is 6.26. The largest absolute Gasteiger partial charge is 0.493 e. The highest BCUT2D eigenvalue weighted by atomic mass is 16.5. The molecule has 1 aliphatic heterocycles. The minimum absolute atomic E-state index is 0.241. The molecule has 0 bridgehead atoms. The Labute approximate surface area is 103 Å². The lowest BCUT2D eigenvalue weighted by atomic mass is 9.87. The molecule has 3 heteroatoms. The number of hydrogen-bond donors (Lipinski definition) is 2. The third kappa shape index (κ3) is 2.31. The lowest BCUT2D eigenvalue weighted by molar-refractivity contribution is 0.0373. The first kappa shape index (κ1) is 12.4. The molecule has 1 atom stereocenters. The molecular formula is C14H21NO2. The Morgan fingerprint density at radius 3 is 2.88 bits per heavy atom. The van der Waals surface area contributed by atoms with E-state index in [0.29, 0.717) is 18.9 Å². The van der Waals surface area contributed by atoms with Gasteiger partial charge in [0.05, 0.1) is 6.61 Å². The average molecular weight is 235 g/mol.